The van der Waals surface area contributed by atoms with Crippen molar-refractivity contribution in [3.05, 3.63) is 33.6 Å². The molecule has 0 saturated heterocycles. The van der Waals surface area contributed by atoms with Crippen molar-refractivity contribution in [2.24, 2.45) is 5.41 Å². The minimum absolute atomic E-state index is 0.0898. The minimum Gasteiger partial charge on any atom is -0.258 e. The quantitative estimate of drug-likeness (QED) is 0.683. The van der Waals surface area contributed by atoms with Crippen molar-refractivity contribution in [3.8, 4) is 0 Å². The summed E-state index contributed by atoms with van der Waals surface area (Å²) in [6.45, 7) is 8.56. The van der Waals surface area contributed by atoms with E-state index in [1.54, 1.807) is 6.92 Å². The van der Waals surface area contributed by atoms with Crippen LogP contribution in [-0.4, -0.2) is 19.4 Å². The lowest BCUT2D eigenvalue weighted by Gasteiger charge is -2.27. The third kappa shape index (κ3) is 3.98. The minimum atomic E-state index is -3.96. The van der Waals surface area contributed by atoms with Crippen LogP contribution in [0.15, 0.2) is 17.0 Å². The first-order valence-electron chi connectivity index (χ1n) is 6.33. The number of benzene rings is 1. The van der Waals surface area contributed by atoms with Gasteiger partial charge in [0.15, 0.2) is 0 Å². The van der Waals surface area contributed by atoms with Gasteiger partial charge in [-0.3, -0.25) is 10.1 Å². The molecule has 1 N–H and O–H groups in total. The van der Waals surface area contributed by atoms with E-state index in [1.807, 2.05) is 20.8 Å². The Bertz CT molecular complexity index is 665. The Morgan fingerprint density at radius 1 is 1.33 bits per heavy atom. The van der Waals surface area contributed by atoms with Crippen LogP contribution in [0.3, 0.4) is 0 Å². The molecule has 0 radical (unpaired) electrons. The Hall–Kier alpha value is -1.54. The molecule has 1 atom stereocenters. The summed E-state index contributed by atoms with van der Waals surface area (Å²) in [6.07, 6.45) is 0. The summed E-state index contributed by atoms with van der Waals surface area (Å²) in [5.41, 5.74) is -1.26. The molecular weight excluding hydrogens is 299 g/mol. The molecule has 0 aliphatic rings. The molecule has 0 aliphatic carbocycles. The van der Waals surface area contributed by atoms with Gasteiger partial charge in [-0.2, -0.15) is 4.39 Å². The zero-order chi connectivity index (χ0) is 16.6. The number of halogens is 1. The second kappa shape index (κ2) is 5.69. The van der Waals surface area contributed by atoms with E-state index >= 15 is 0 Å². The first kappa shape index (κ1) is 17.5. The molecule has 1 aromatic rings. The van der Waals surface area contributed by atoms with Gasteiger partial charge in [-0.15, -0.1) is 0 Å². The second-order valence-corrected chi connectivity index (χ2v) is 7.75. The second-order valence-electron chi connectivity index (χ2n) is 6.04. The smallest absolute Gasteiger partial charge is 0.258 e. The number of sulfonamides is 1. The lowest BCUT2D eigenvalue weighted by atomic mass is 9.89. The van der Waals surface area contributed by atoms with Crippen LogP contribution in [0.1, 0.15) is 33.3 Å². The molecule has 0 fully saturated rings. The van der Waals surface area contributed by atoms with E-state index in [9.17, 15) is 22.9 Å². The summed E-state index contributed by atoms with van der Waals surface area (Å²) < 4.78 is 40.6. The van der Waals surface area contributed by atoms with Gasteiger partial charge in [-0.1, -0.05) is 20.8 Å². The van der Waals surface area contributed by atoms with Crippen LogP contribution in [0.2, 0.25) is 0 Å². The molecule has 0 aromatic heterocycles. The number of nitro groups is 1. The summed E-state index contributed by atoms with van der Waals surface area (Å²) in [6, 6.07) is 1.42. The highest BCUT2D eigenvalue weighted by atomic mass is 32.2. The fraction of sp³-hybridized carbons (Fsp3) is 0.538. The van der Waals surface area contributed by atoms with Crippen molar-refractivity contribution < 1.29 is 17.7 Å². The first-order chi connectivity index (χ1) is 9.36. The van der Waals surface area contributed by atoms with E-state index in [1.165, 1.54) is 6.92 Å². The number of nitrogens with zero attached hydrogens (tertiary/aromatic N) is 1. The van der Waals surface area contributed by atoms with Gasteiger partial charge in [0, 0.05) is 12.1 Å². The maximum absolute atomic E-state index is 13.6. The average molecular weight is 318 g/mol. The van der Waals surface area contributed by atoms with Crippen LogP contribution in [0.5, 0.6) is 0 Å². The van der Waals surface area contributed by atoms with Crippen LogP contribution in [0.25, 0.3) is 0 Å². The largest absolute Gasteiger partial charge is 0.306 e. The van der Waals surface area contributed by atoms with Crippen molar-refractivity contribution in [1.82, 2.24) is 4.72 Å². The van der Waals surface area contributed by atoms with E-state index in [-0.39, 0.29) is 15.9 Å². The molecule has 0 spiro atoms. The molecule has 8 heteroatoms. The number of aryl methyl sites for hydroxylation is 1. The average Bonchev–Trinajstić information content (AvgIpc) is 2.29. The third-order valence-corrected chi connectivity index (χ3v) is 4.87. The lowest BCUT2D eigenvalue weighted by Crippen LogP contribution is -2.41. The molecule has 0 saturated carbocycles. The highest BCUT2D eigenvalue weighted by Gasteiger charge is 2.28. The van der Waals surface area contributed by atoms with Crippen molar-refractivity contribution in [3.63, 3.8) is 0 Å². The topological polar surface area (TPSA) is 89.3 Å². The van der Waals surface area contributed by atoms with Gasteiger partial charge in [0.1, 0.15) is 0 Å². The summed E-state index contributed by atoms with van der Waals surface area (Å²) in [5, 5.41) is 10.8. The standard InChI is InChI=1S/C13H19FN2O4S/c1-8-6-10(7-11(12(8)14)16(17)18)21(19,20)15-9(2)13(3,4)5/h6-7,9,15H,1-5H3. The van der Waals surface area contributed by atoms with Crippen molar-refractivity contribution >= 4 is 15.7 Å². The highest BCUT2D eigenvalue weighted by Crippen LogP contribution is 2.26. The molecule has 21 heavy (non-hydrogen) atoms. The fourth-order valence-electron chi connectivity index (χ4n) is 1.48. The Kier molecular flexibility index (Phi) is 4.74. The summed E-state index contributed by atoms with van der Waals surface area (Å²) in [5.74, 6) is -1.03. The molecule has 1 aromatic carbocycles. The van der Waals surface area contributed by atoms with Gasteiger partial charge in [-0.25, -0.2) is 13.1 Å². The summed E-state index contributed by atoms with van der Waals surface area (Å²) in [4.78, 5) is 9.53. The van der Waals surface area contributed by atoms with E-state index in [0.29, 0.717) is 0 Å². The molecule has 0 bridgehead atoms. The zero-order valence-electron chi connectivity index (χ0n) is 12.6. The normalized spacial score (nSPS) is 14.0. The fourth-order valence-corrected chi connectivity index (χ4v) is 3.04. The van der Waals surface area contributed by atoms with Crippen LogP contribution >= 0.6 is 0 Å². The summed E-state index contributed by atoms with van der Waals surface area (Å²) in [7, 11) is -3.96. The van der Waals surface area contributed by atoms with Crippen molar-refractivity contribution in [1.29, 1.82) is 0 Å². The molecule has 0 heterocycles. The van der Waals surface area contributed by atoms with Crippen molar-refractivity contribution in [2.45, 2.75) is 45.6 Å². The van der Waals surface area contributed by atoms with Gasteiger partial charge in [0.05, 0.1) is 9.82 Å². The Labute approximate surface area is 123 Å². The van der Waals surface area contributed by atoms with Gasteiger partial charge < -0.3 is 0 Å². The molecule has 6 nitrogen and oxygen atoms in total. The molecule has 1 unspecified atom stereocenters. The van der Waals surface area contributed by atoms with Crippen LogP contribution in [-0.2, 0) is 10.0 Å². The van der Waals surface area contributed by atoms with Gasteiger partial charge in [0.2, 0.25) is 15.8 Å². The van der Waals surface area contributed by atoms with Crippen LogP contribution in [0.4, 0.5) is 10.1 Å². The number of nitrogens with one attached hydrogen (secondary N) is 1. The Balaban J connectivity index is 3.30. The summed E-state index contributed by atoms with van der Waals surface area (Å²) >= 11 is 0. The maximum atomic E-state index is 13.6. The van der Waals surface area contributed by atoms with Gasteiger partial charge >= 0.3 is 5.69 Å². The monoisotopic (exact) mass is 318 g/mol. The number of rotatable bonds is 4. The zero-order valence-corrected chi connectivity index (χ0v) is 13.4. The first-order valence-corrected chi connectivity index (χ1v) is 7.81. The molecular formula is C13H19FN2O4S. The maximum Gasteiger partial charge on any atom is 0.306 e. The van der Waals surface area contributed by atoms with E-state index < -0.39 is 32.5 Å². The van der Waals surface area contributed by atoms with Crippen LogP contribution < -0.4 is 4.72 Å². The van der Waals surface area contributed by atoms with Crippen LogP contribution in [0, 0.1) is 28.3 Å². The lowest BCUT2D eigenvalue weighted by molar-refractivity contribution is -0.387. The molecule has 0 amide bonds. The van der Waals surface area contributed by atoms with Gasteiger partial charge in [0.25, 0.3) is 0 Å². The number of hydrogen-bond acceptors (Lipinski definition) is 4. The number of nitro benzene ring substituents is 1. The van der Waals surface area contributed by atoms with Gasteiger partial charge in [-0.05, 0) is 30.9 Å². The van der Waals surface area contributed by atoms with Crippen molar-refractivity contribution in [2.75, 3.05) is 0 Å². The van der Waals surface area contributed by atoms with E-state index in [2.05, 4.69) is 4.72 Å². The van der Waals surface area contributed by atoms with E-state index in [0.717, 1.165) is 12.1 Å². The SMILES string of the molecule is Cc1cc(S(=O)(=O)NC(C)C(C)(C)C)cc([N+](=O)[O-])c1F. The molecule has 0 aliphatic heterocycles. The highest BCUT2D eigenvalue weighted by molar-refractivity contribution is 7.89. The number of hydrogen-bond donors (Lipinski definition) is 1. The Morgan fingerprint density at radius 2 is 1.86 bits per heavy atom. The predicted molar refractivity (Wildman–Crippen MR) is 77.0 cm³/mol. The van der Waals surface area contributed by atoms with E-state index in [4.69, 9.17) is 0 Å². The molecule has 118 valence electrons. The molecule has 1 rings (SSSR count). The third-order valence-electron chi connectivity index (χ3n) is 3.35. The Morgan fingerprint density at radius 3 is 2.29 bits per heavy atom. The predicted octanol–water partition coefficient (Wildman–Crippen LogP) is 2.76.